The molecule has 0 amide bonds. The van der Waals surface area contributed by atoms with E-state index in [0.717, 1.165) is 27.0 Å². The minimum absolute atomic E-state index is 0.336. The molecule has 0 saturated heterocycles. The first-order valence-electron chi connectivity index (χ1n) is 10.2. The van der Waals surface area contributed by atoms with Crippen LogP contribution in [0.5, 0.6) is 5.75 Å². The van der Waals surface area contributed by atoms with Crippen molar-refractivity contribution in [3.8, 4) is 16.3 Å². The molecule has 0 saturated carbocycles. The van der Waals surface area contributed by atoms with Gasteiger partial charge in [-0.1, -0.05) is 65.3 Å². The lowest BCUT2D eigenvalue weighted by molar-refractivity contribution is 0.210. The molecule has 1 atom stereocenters. The van der Waals surface area contributed by atoms with Crippen LogP contribution in [0, 0.1) is 6.92 Å². The standard InChI is InChI=1S/C24H22Cl2N4OS2/c1-4-11-30-22(16(3)31-21-12-15(2)9-10-20(21)26)28-29-24(30)33-14-17-13-32-23(27-17)18-7-5-6-8-19(18)25/h4-10,12-13,16H,1,11,14H2,2-3H3. The number of hydrogen-bond acceptors (Lipinski definition) is 6. The fourth-order valence-electron chi connectivity index (χ4n) is 3.22. The molecule has 0 bridgehead atoms. The van der Waals surface area contributed by atoms with Gasteiger partial charge in [-0.25, -0.2) is 4.98 Å². The highest BCUT2D eigenvalue weighted by atomic mass is 35.5. The molecule has 0 aliphatic heterocycles. The van der Waals surface area contributed by atoms with Gasteiger partial charge in [-0.3, -0.25) is 4.57 Å². The molecular weight excluding hydrogens is 495 g/mol. The average Bonchev–Trinajstić information content (AvgIpc) is 3.42. The number of thioether (sulfide) groups is 1. The molecule has 4 aromatic rings. The van der Waals surface area contributed by atoms with E-state index in [1.54, 1.807) is 23.1 Å². The molecule has 0 spiro atoms. The fraction of sp³-hybridized carbons (Fsp3) is 0.208. The van der Waals surface area contributed by atoms with Gasteiger partial charge in [0.25, 0.3) is 0 Å². The van der Waals surface area contributed by atoms with Gasteiger partial charge in [0.05, 0.1) is 15.7 Å². The third-order valence-corrected chi connectivity index (χ3v) is 7.38. The summed E-state index contributed by atoms with van der Waals surface area (Å²) in [6.45, 7) is 8.39. The Balaban J connectivity index is 1.49. The van der Waals surface area contributed by atoms with Gasteiger partial charge in [-0.15, -0.1) is 28.1 Å². The summed E-state index contributed by atoms with van der Waals surface area (Å²) in [4.78, 5) is 4.74. The summed E-state index contributed by atoms with van der Waals surface area (Å²) in [6, 6.07) is 13.4. The predicted molar refractivity (Wildman–Crippen MR) is 138 cm³/mol. The van der Waals surface area contributed by atoms with Crippen molar-refractivity contribution >= 4 is 46.3 Å². The molecule has 9 heteroatoms. The largest absolute Gasteiger partial charge is 0.481 e. The van der Waals surface area contributed by atoms with Crippen molar-refractivity contribution in [2.75, 3.05) is 0 Å². The Hall–Kier alpha value is -2.32. The van der Waals surface area contributed by atoms with Crippen molar-refractivity contribution in [3.63, 3.8) is 0 Å². The second-order valence-electron chi connectivity index (χ2n) is 7.35. The number of allylic oxidation sites excluding steroid dienone is 1. The summed E-state index contributed by atoms with van der Waals surface area (Å²) in [5.41, 5.74) is 2.98. The van der Waals surface area contributed by atoms with Crippen LogP contribution < -0.4 is 4.74 Å². The average molecular weight is 518 g/mol. The van der Waals surface area contributed by atoms with Crippen LogP contribution in [0.4, 0.5) is 0 Å². The fourth-order valence-corrected chi connectivity index (χ4v) is 5.48. The lowest BCUT2D eigenvalue weighted by Crippen LogP contribution is -2.12. The normalized spacial score (nSPS) is 12.0. The maximum absolute atomic E-state index is 6.32. The van der Waals surface area contributed by atoms with Crippen molar-refractivity contribution in [1.82, 2.24) is 19.7 Å². The minimum atomic E-state index is -0.336. The molecule has 0 N–H and O–H groups in total. The van der Waals surface area contributed by atoms with Gasteiger partial charge < -0.3 is 4.74 Å². The topological polar surface area (TPSA) is 52.8 Å². The van der Waals surface area contributed by atoms with E-state index in [9.17, 15) is 0 Å². The quantitative estimate of drug-likeness (QED) is 0.169. The number of thiazole rings is 1. The molecule has 1 unspecified atom stereocenters. The SMILES string of the molecule is C=CCn1c(SCc2csc(-c3ccccc3Cl)n2)nnc1C(C)Oc1cc(C)ccc1Cl. The van der Waals surface area contributed by atoms with Gasteiger partial charge in [-0.05, 0) is 37.6 Å². The van der Waals surface area contributed by atoms with E-state index in [4.69, 9.17) is 32.9 Å². The molecule has 0 fully saturated rings. The lowest BCUT2D eigenvalue weighted by atomic mass is 10.2. The molecule has 2 aromatic heterocycles. The van der Waals surface area contributed by atoms with Gasteiger partial charge in [-0.2, -0.15) is 0 Å². The van der Waals surface area contributed by atoms with E-state index in [-0.39, 0.29) is 6.10 Å². The van der Waals surface area contributed by atoms with Crippen molar-refractivity contribution in [2.45, 2.75) is 37.4 Å². The Bertz CT molecular complexity index is 1270. The third kappa shape index (κ3) is 5.61. The Labute approximate surface area is 211 Å². The van der Waals surface area contributed by atoms with Crippen molar-refractivity contribution in [1.29, 1.82) is 0 Å². The zero-order valence-corrected chi connectivity index (χ0v) is 21.3. The Morgan fingerprint density at radius 2 is 2.00 bits per heavy atom. The lowest BCUT2D eigenvalue weighted by Gasteiger charge is -2.17. The summed E-state index contributed by atoms with van der Waals surface area (Å²) in [7, 11) is 0. The maximum atomic E-state index is 6.32. The third-order valence-electron chi connectivity index (χ3n) is 4.82. The van der Waals surface area contributed by atoms with Crippen molar-refractivity contribution in [3.05, 3.63) is 87.6 Å². The summed E-state index contributed by atoms with van der Waals surface area (Å²) >= 11 is 15.8. The van der Waals surface area contributed by atoms with Gasteiger partial charge in [0.1, 0.15) is 10.8 Å². The number of rotatable bonds is 9. The van der Waals surface area contributed by atoms with E-state index in [1.165, 1.54) is 0 Å². The monoisotopic (exact) mass is 516 g/mol. The maximum Gasteiger partial charge on any atom is 0.192 e. The van der Waals surface area contributed by atoms with Crippen LogP contribution in [0.1, 0.15) is 30.1 Å². The van der Waals surface area contributed by atoms with E-state index in [2.05, 4.69) is 16.8 Å². The first-order chi connectivity index (χ1) is 16.0. The van der Waals surface area contributed by atoms with E-state index in [1.807, 2.05) is 72.3 Å². The molecule has 33 heavy (non-hydrogen) atoms. The predicted octanol–water partition coefficient (Wildman–Crippen LogP) is 7.64. The van der Waals surface area contributed by atoms with Crippen LogP contribution in [0.15, 0.2) is 65.7 Å². The first-order valence-corrected chi connectivity index (χ1v) is 12.9. The molecular formula is C24H22Cl2N4OS2. The van der Waals surface area contributed by atoms with Crippen LogP contribution in [-0.2, 0) is 12.3 Å². The number of aromatic nitrogens is 4. The molecule has 0 radical (unpaired) electrons. The van der Waals surface area contributed by atoms with Gasteiger partial charge >= 0.3 is 0 Å². The van der Waals surface area contributed by atoms with E-state index >= 15 is 0 Å². The number of aryl methyl sites for hydroxylation is 1. The molecule has 170 valence electrons. The zero-order chi connectivity index (χ0) is 23.4. The van der Waals surface area contributed by atoms with Crippen LogP contribution in [0.25, 0.3) is 10.6 Å². The second-order valence-corrected chi connectivity index (χ2v) is 9.96. The van der Waals surface area contributed by atoms with E-state index < -0.39 is 0 Å². The van der Waals surface area contributed by atoms with Crippen LogP contribution in [0.3, 0.4) is 0 Å². The summed E-state index contributed by atoms with van der Waals surface area (Å²) in [6.07, 6.45) is 1.49. The Morgan fingerprint density at radius 3 is 2.79 bits per heavy atom. The molecule has 5 nitrogen and oxygen atoms in total. The van der Waals surface area contributed by atoms with Crippen LogP contribution in [-0.4, -0.2) is 19.7 Å². The summed E-state index contributed by atoms with van der Waals surface area (Å²) in [5.74, 6) is 2.00. The van der Waals surface area contributed by atoms with Crippen molar-refractivity contribution in [2.24, 2.45) is 0 Å². The zero-order valence-electron chi connectivity index (χ0n) is 18.2. The number of benzene rings is 2. The molecule has 2 heterocycles. The molecule has 0 aliphatic rings. The number of nitrogens with zero attached hydrogens (tertiary/aromatic N) is 4. The smallest absolute Gasteiger partial charge is 0.192 e. The van der Waals surface area contributed by atoms with E-state index in [0.29, 0.717) is 33.9 Å². The molecule has 4 rings (SSSR count). The van der Waals surface area contributed by atoms with Crippen LogP contribution >= 0.6 is 46.3 Å². The van der Waals surface area contributed by atoms with Gasteiger partial charge in [0.2, 0.25) is 0 Å². The van der Waals surface area contributed by atoms with Gasteiger partial charge in [0, 0.05) is 23.2 Å². The number of halogens is 2. The highest BCUT2D eigenvalue weighted by Crippen LogP contribution is 2.33. The number of ether oxygens (including phenoxy) is 1. The Morgan fingerprint density at radius 1 is 1.18 bits per heavy atom. The second kappa shape index (κ2) is 10.7. The summed E-state index contributed by atoms with van der Waals surface area (Å²) in [5, 5.41) is 13.8. The molecule has 2 aromatic carbocycles. The highest BCUT2D eigenvalue weighted by molar-refractivity contribution is 7.98. The highest BCUT2D eigenvalue weighted by Gasteiger charge is 2.20. The Kier molecular flexibility index (Phi) is 7.75. The first kappa shape index (κ1) is 23.8. The molecule has 0 aliphatic carbocycles. The van der Waals surface area contributed by atoms with Gasteiger partial charge in [0.15, 0.2) is 17.1 Å². The number of hydrogen-bond donors (Lipinski definition) is 0. The van der Waals surface area contributed by atoms with Crippen LogP contribution in [0.2, 0.25) is 10.0 Å². The summed E-state index contributed by atoms with van der Waals surface area (Å²) < 4.78 is 8.12. The minimum Gasteiger partial charge on any atom is -0.481 e. The van der Waals surface area contributed by atoms with Crippen molar-refractivity contribution < 1.29 is 4.74 Å².